The zero-order valence-corrected chi connectivity index (χ0v) is 12.1. The van der Waals surface area contributed by atoms with E-state index in [0.29, 0.717) is 30.5 Å². The molecule has 0 radical (unpaired) electrons. The summed E-state index contributed by atoms with van der Waals surface area (Å²) in [5, 5.41) is 12.1. The lowest BCUT2D eigenvalue weighted by molar-refractivity contribution is 0.257. The van der Waals surface area contributed by atoms with Gasteiger partial charge in [0.15, 0.2) is 11.5 Å². The van der Waals surface area contributed by atoms with Crippen LogP contribution in [-0.2, 0) is 6.54 Å². The van der Waals surface area contributed by atoms with E-state index >= 15 is 0 Å². The van der Waals surface area contributed by atoms with E-state index in [0.717, 1.165) is 18.1 Å². The Kier molecular flexibility index (Phi) is 3.99. The summed E-state index contributed by atoms with van der Waals surface area (Å²) in [7, 11) is 2.08. The summed E-state index contributed by atoms with van der Waals surface area (Å²) in [6.45, 7) is 2.17. The molecule has 0 amide bonds. The van der Waals surface area contributed by atoms with Gasteiger partial charge in [-0.25, -0.2) is 0 Å². The Morgan fingerprint density at radius 2 is 2.45 bits per heavy atom. The second-order valence-corrected chi connectivity index (χ2v) is 5.83. The van der Waals surface area contributed by atoms with E-state index in [1.165, 1.54) is 0 Å². The molecule has 1 unspecified atom stereocenters. The second-order valence-electron chi connectivity index (χ2n) is 4.68. The Hall–Kier alpha value is -1.45. The number of aromatic nitrogens is 5. The van der Waals surface area contributed by atoms with Crippen LogP contribution in [0.5, 0.6) is 0 Å². The molecule has 1 aliphatic rings. The van der Waals surface area contributed by atoms with Crippen molar-refractivity contribution in [2.24, 2.45) is 5.73 Å². The summed E-state index contributed by atoms with van der Waals surface area (Å²) < 4.78 is 6.97. The lowest BCUT2D eigenvalue weighted by atomic mass is 10.3. The summed E-state index contributed by atoms with van der Waals surface area (Å²) in [5.74, 6) is 3.25. The topological polar surface area (TPSA) is 98.9 Å². The van der Waals surface area contributed by atoms with Gasteiger partial charge in [0, 0.05) is 24.6 Å². The SMILES string of the molecule is CN1CCSCC1c1noc(-c2cn(CCN)nn2)n1. The van der Waals surface area contributed by atoms with Crippen LogP contribution < -0.4 is 5.73 Å². The maximum atomic E-state index is 5.48. The maximum absolute atomic E-state index is 5.48. The first-order valence-electron chi connectivity index (χ1n) is 6.50. The third-order valence-electron chi connectivity index (χ3n) is 3.25. The smallest absolute Gasteiger partial charge is 0.280 e. The van der Waals surface area contributed by atoms with Gasteiger partial charge in [-0.05, 0) is 7.05 Å². The molecule has 108 valence electrons. The molecule has 1 saturated heterocycles. The van der Waals surface area contributed by atoms with Crippen molar-refractivity contribution < 1.29 is 4.52 Å². The van der Waals surface area contributed by atoms with Gasteiger partial charge in [-0.2, -0.15) is 16.7 Å². The van der Waals surface area contributed by atoms with Gasteiger partial charge >= 0.3 is 0 Å². The number of nitrogens with zero attached hydrogens (tertiary/aromatic N) is 6. The Labute approximate surface area is 120 Å². The van der Waals surface area contributed by atoms with Gasteiger partial charge < -0.3 is 10.3 Å². The highest BCUT2D eigenvalue weighted by molar-refractivity contribution is 7.99. The van der Waals surface area contributed by atoms with Crippen LogP contribution in [0, 0.1) is 0 Å². The first-order valence-corrected chi connectivity index (χ1v) is 7.65. The number of nitrogens with two attached hydrogens (primary N) is 1. The fourth-order valence-electron chi connectivity index (χ4n) is 2.07. The lowest BCUT2D eigenvalue weighted by Crippen LogP contribution is -2.33. The fraction of sp³-hybridized carbons (Fsp3) is 0.636. The van der Waals surface area contributed by atoms with E-state index in [-0.39, 0.29) is 6.04 Å². The third-order valence-corrected chi connectivity index (χ3v) is 4.27. The first kappa shape index (κ1) is 13.5. The van der Waals surface area contributed by atoms with E-state index in [1.807, 2.05) is 11.8 Å². The monoisotopic (exact) mass is 295 g/mol. The molecule has 3 rings (SSSR count). The number of hydrogen-bond acceptors (Lipinski definition) is 8. The molecule has 1 fully saturated rings. The molecule has 0 bridgehead atoms. The predicted octanol–water partition coefficient (Wildman–Crippen LogP) is 0.00650. The molecule has 20 heavy (non-hydrogen) atoms. The highest BCUT2D eigenvalue weighted by Crippen LogP contribution is 2.27. The molecule has 1 aliphatic heterocycles. The van der Waals surface area contributed by atoms with Crippen LogP contribution in [0.15, 0.2) is 10.7 Å². The van der Waals surface area contributed by atoms with Crippen LogP contribution in [0.3, 0.4) is 0 Å². The Balaban J connectivity index is 1.78. The summed E-state index contributed by atoms with van der Waals surface area (Å²) in [6.07, 6.45) is 1.77. The quantitative estimate of drug-likeness (QED) is 0.842. The molecule has 8 nitrogen and oxygen atoms in total. The summed E-state index contributed by atoms with van der Waals surface area (Å²) in [5.41, 5.74) is 6.06. The van der Waals surface area contributed by atoms with Crippen LogP contribution in [0.4, 0.5) is 0 Å². The minimum atomic E-state index is 0.199. The molecule has 2 aromatic rings. The van der Waals surface area contributed by atoms with Crippen LogP contribution >= 0.6 is 11.8 Å². The minimum absolute atomic E-state index is 0.199. The van der Waals surface area contributed by atoms with Crippen LogP contribution in [0.1, 0.15) is 11.9 Å². The molecular weight excluding hydrogens is 278 g/mol. The fourth-order valence-corrected chi connectivity index (χ4v) is 3.28. The van der Waals surface area contributed by atoms with E-state index < -0.39 is 0 Å². The van der Waals surface area contributed by atoms with Gasteiger partial charge in [-0.3, -0.25) is 9.58 Å². The van der Waals surface area contributed by atoms with Gasteiger partial charge in [0.2, 0.25) is 0 Å². The highest BCUT2D eigenvalue weighted by atomic mass is 32.2. The van der Waals surface area contributed by atoms with Crippen molar-refractivity contribution in [2.45, 2.75) is 12.6 Å². The first-order chi connectivity index (χ1) is 9.78. The Morgan fingerprint density at radius 1 is 1.55 bits per heavy atom. The molecule has 0 aromatic carbocycles. The minimum Gasteiger partial charge on any atom is -0.332 e. The maximum Gasteiger partial charge on any atom is 0.280 e. The van der Waals surface area contributed by atoms with Crippen molar-refractivity contribution in [2.75, 3.05) is 31.6 Å². The summed E-state index contributed by atoms with van der Waals surface area (Å²) >= 11 is 1.91. The van der Waals surface area contributed by atoms with Crippen molar-refractivity contribution in [1.29, 1.82) is 0 Å². The molecule has 1 atom stereocenters. The molecular formula is C11H17N7OS. The predicted molar refractivity (Wildman–Crippen MR) is 75.1 cm³/mol. The van der Waals surface area contributed by atoms with Gasteiger partial charge in [0.05, 0.1) is 18.8 Å². The van der Waals surface area contributed by atoms with Gasteiger partial charge in [-0.15, -0.1) is 5.10 Å². The second kappa shape index (κ2) is 5.90. The lowest BCUT2D eigenvalue weighted by Gasteiger charge is -2.29. The van der Waals surface area contributed by atoms with E-state index in [1.54, 1.807) is 10.9 Å². The van der Waals surface area contributed by atoms with Crippen molar-refractivity contribution in [1.82, 2.24) is 30.0 Å². The largest absolute Gasteiger partial charge is 0.332 e. The molecule has 9 heteroatoms. The van der Waals surface area contributed by atoms with Crippen molar-refractivity contribution >= 4 is 11.8 Å². The van der Waals surface area contributed by atoms with E-state index in [4.69, 9.17) is 10.3 Å². The van der Waals surface area contributed by atoms with Crippen molar-refractivity contribution in [3.63, 3.8) is 0 Å². The normalized spacial score (nSPS) is 20.4. The van der Waals surface area contributed by atoms with Gasteiger partial charge in [0.1, 0.15) is 0 Å². The molecule has 3 heterocycles. The van der Waals surface area contributed by atoms with Gasteiger partial charge in [0.25, 0.3) is 5.89 Å². The standard InChI is InChI=1S/C11H17N7OS/c1-17-4-5-20-7-9(17)10-13-11(19-15-10)8-6-18(3-2-12)16-14-8/h6,9H,2-5,7,12H2,1H3. The average Bonchev–Trinajstić information content (AvgIpc) is 3.08. The van der Waals surface area contributed by atoms with E-state index in [2.05, 4.69) is 32.4 Å². The number of thioether (sulfide) groups is 1. The zero-order chi connectivity index (χ0) is 13.9. The summed E-state index contributed by atoms with van der Waals surface area (Å²) in [6, 6.07) is 0.199. The molecule has 0 saturated carbocycles. The van der Waals surface area contributed by atoms with Crippen molar-refractivity contribution in [3.8, 4) is 11.6 Å². The molecule has 0 spiro atoms. The van der Waals surface area contributed by atoms with Crippen LogP contribution in [0.25, 0.3) is 11.6 Å². The summed E-state index contributed by atoms with van der Waals surface area (Å²) in [4.78, 5) is 6.69. The molecule has 0 aliphatic carbocycles. The molecule has 2 N–H and O–H groups in total. The van der Waals surface area contributed by atoms with Crippen LogP contribution in [0.2, 0.25) is 0 Å². The Morgan fingerprint density at radius 3 is 3.25 bits per heavy atom. The Bertz CT molecular complexity index is 569. The van der Waals surface area contributed by atoms with Gasteiger partial charge in [-0.1, -0.05) is 10.4 Å². The highest BCUT2D eigenvalue weighted by Gasteiger charge is 2.26. The number of hydrogen-bond donors (Lipinski definition) is 1. The average molecular weight is 295 g/mol. The third kappa shape index (κ3) is 2.69. The van der Waals surface area contributed by atoms with E-state index in [9.17, 15) is 0 Å². The van der Waals surface area contributed by atoms with Crippen molar-refractivity contribution in [3.05, 3.63) is 12.0 Å². The molecule has 2 aromatic heterocycles. The number of rotatable bonds is 4. The zero-order valence-electron chi connectivity index (χ0n) is 11.3. The van der Waals surface area contributed by atoms with Crippen LogP contribution in [-0.4, -0.2) is 61.7 Å².